The smallest absolute Gasteiger partial charge is 0.307 e. The fourth-order valence-corrected chi connectivity index (χ4v) is 3.39. The Bertz CT molecular complexity index is 912. The van der Waals surface area contributed by atoms with E-state index in [-0.39, 0.29) is 31.3 Å². The van der Waals surface area contributed by atoms with E-state index in [0.717, 1.165) is 5.56 Å². The Balaban J connectivity index is 1.60. The molecule has 1 aliphatic heterocycles. The zero-order valence-corrected chi connectivity index (χ0v) is 17.6. The number of rotatable bonds is 7. The number of carbonyl (C=O) groups excluding carboxylic acids is 3. The Labute approximate surface area is 179 Å². The summed E-state index contributed by atoms with van der Waals surface area (Å²) in [6.45, 7) is 1.22. The molecule has 9 heteroatoms. The molecule has 0 saturated carbocycles. The molecule has 1 fully saturated rings. The van der Waals surface area contributed by atoms with Crippen molar-refractivity contribution in [3.8, 4) is 11.3 Å². The maximum absolute atomic E-state index is 12.7. The number of benzene rings is 1. The van der Waals surface area contributed by atoms with Crippen LogP contribution in [0.4, 0.5) is 0 Å². The highest BCUT2D eigenvalue weighted by Crippen LogP contribution is 2.24. The molecule has 1 aliphatic rings. The van der Waals surface area contributed by atoms with Gasteiger partial charge in [0.2, 0.25) is 11.8 Å². The largest absolute Gasteiger partial charge is 0.469 e. The summed E-state index contributed by atoms with van der Waals surface area (Å²) in [7, 11) is 2.94. The second-order valence-corrected chi connectivity index (χ2v) is 7.52. The first kappa shape index (κ1) is 21.9. The predicted octanol–water partition coefficient (Wildman–Crippen LogP) is 1.92. The third kappa shape index (κ3) is 5.40. The molecule has 0 spiro atoms. The van der Waals surface area contributed by atoms with Crippen molar-refractivity contribution in [3.63, 3.8) is 0 Å². The highest BCUT2D eigenvalue weighted by molar-refractivity contribution is 6.30. The fraction of sp³-hybridized carbons (Fsp3) is 0.381. The van der Waals surface area contributed by atoms with Gasteiger partial charge in [-0.15, -0.1) is 0 Å². The molecule has 1 atom stereocenters. The van der Waals surface area contributed by atoms with Crippen LogP contribution in [0.1, 0.15) is 12.2 Å². The predicted molar refractivity (Wildman–Crippen MR) is 111 cm³/mol. The lowest BCUT2D eigenvalue weighted by Gasteiger charge is -2.34. The Kier molecular flexibility index (Phi) is 7.12. The number of esters is 1. The summed E-state index contributed by atoms with van der Waals surface area (Å²) in [4.78, 5) is 39.7. The van der Waals surface area contributed by atoms with Crippen LogP contribution < -0.4 is 5.32 Å². The van der Waals surface area contributed by atoms with Crippen molar-refractivity contribution in [1.29, 1.82) is 0 Å². The van der Waals surface area contributed by atoms with Gasteiger partial charge in [0.1, 0.15) is 17.6 Å². The molecule has 0 aliphatic carbocycles. The molecule has 2 heterocycles. The molecule has 160 valence electrons. The second kappa shape index (κ2) is 9.77. The molecular formula is C21H24ClN3O5. The van der Waals surface area contributed by atoms with E-state index in [2.05, 4.69) is 10.1 Å². The highest BCUT2D eigenvalue weighted by atomic mass is 35.5. The van der Waals surface area contributed by atoms with E-state index >= 15 is 0 Å². The minimum atomic E-state index is -0.719. The zero-order valence-electron chi connectivity index (χ0n) is 16.9. The summed E-state index contributed by atoms with van der Waals surface area (Å²) in [5.41, 5.74) is 0.893. The Hall–Kier alpha value is -2.84. The maximum atomic E-state index is 12.7. The minimum Gasteiger partial charge on any atom is -0.469 e. The number of methoxy groups -OCH3 is 1. The second-order valence-electron chi connectivity index (χ2n) is 7.08. The molecule has 1 aromatic heterocycles. The Morgan fingerprint density at radius 1 is 1.27 bits per heavy atom. The van der Waals surface area contributed by atoms with Crippen molar-refractivity contribution in [2.45, 2.75) is 19.0 Å². The number of halogens is 1. The molecule has 2 amide bonds. The summed E-state index contributed by atoms with van der Waals surface area (Å²) >= 11 is 5.91. The van der Waals surface area contributed by atoms with Crippen LogP contribution in [0.5, 0.6) is 0 Å². The lowest BCUT2D eigenvalue weighted by Crippen LogP contribution is -2.58. The lowest BCUT2D eigenvalue weighted by atomic mass is 10.1. The summed E-state index contributed by atoms with van der Waals surface area (Å²) in [6.07, 6.45) is -0.0953. The van der Waals surface area contributed by atoms with Crippen LogP contribution >= 0.6 is 11.6 Å². The van der Waals surface area contributed by atoms with Gasteiger partial charge in [-0.05, 0) is 36.4 Å². The van der Waals surface area contributed by atoms with Crippen molar-refractivity contribution < 1.29 is 23.5 Å². The van der Waals surface area contributed by atoms with Gasteiger partial charge in [0, 0.05) is 30.7 Å². The highest BCUT2D eigenvalue weighted by Gasteiger charge is 2.33. The molecule has 1 unspecified atom stereocenters. The molecule has 1 N–H and O–H groups in total. The molecular weight excluding hydrogens is 410 g/mol. The summed E-state index contributed by atoms with van der Waals surface area (Å²) in [6, 6.07) is 10.2. The van der Waals surface area contributed by atoms with Gasteiger partial charge in [0.25, 0.3) is 0 Å². The third-order valence-corrected chi connectivity index (χ3v) is 5.23. The molecule has 8 nitrogen and oxygen atoms in total. The number of furan rings is 1. The average Bonchev–Trinajstić information content (AvgIpc) is 3.19. The average molecular weight is 434 g/mol. The van der Waals surface area contributed by atoms with Crippen LogP contribution in [0.3, 0.4) is 0 Å². The zero-order chi connectivity index (χ0) is 21.7. The number of nitrogens with zero attached hydrogens (tertiary/aromatic N) is 2. The van der Waals surface area contributed by atoms with E-state index in [0.29, 0.717) is 29.6 Å². The molecule has 1 aromatic carbocycles. The first-order chi connectivity index (χ1) is 14.4. The quantitative estimate of drug-likeness (QED) is 0.671. The number of carbonyl (C=O) groups is 3. The van der Waals surface area contributed by atoms with Crippen LogP contribution in [0.25, 0.3) is 11.3 Å². The van der Waals surface area contributed by atoms with Crippen molar-refractivity contribution in [2.24, 2.45) is 0 Å². The van der Waals surface area contributed by atoms with Gasteiger partial charge in [0.15, 0.2) is 0 Å². The number of ether oxygens (including phenoxy) is 1. The first-order valence-electron chi connectivity index (χ1n) is 9.54. The first-order valence-corrected chi connectivity index (χ1v) is 9.92. The van der Waals surface area contributed by atoms with Crippen LogP contribution in [0.15, 0.2) is 40.8 Å². The van der Waals surface area contributed by atoms with Crippen molar-refractivity contribution in [2.75, 3.05) is 33.8 Å². The van der Waals surface area contributed by atoms with Crippen LogP contribution in [0, 0.1) is 0 Å². The topological polar surface area (TPSA) is 92.1 Å². The van der Waals surface area contributed by atoms with Gasteiger partial charge in [-0.2, -0.15) is 0 Å². The number of nitrogens with one attached hydrogen (secondary N) is 1. The van der Waals surface area contributed by atoms with E-state index in [1.807, 2.05) is 24.3 Å². The summed E-state index contributed by atoms with van der Waals surface area (Å²) in [5, 5.41) is 3.37. The summed E-state index contributed by atoms with van der Waals surface area (Å²) in [5.74, 6) is 0.379. The van der Waals surface area contributed by atoms with E-state index in [1.165, 1.54) is 12.0 Å². The van der Waals surface area contributed by atoms with E-state index in [4.69, 9.17) is 16.0 Å². The van der Waals surface area contributed by atoms with Crippen LogP contribution in [-0.2, 0) is 25.7 Å². The normalized spacial score (nSPS) is 16.8. The van der Waals surface area contributed by atoms with Crippen LogP contribution in [-0.4, -0.2) is 67.4 Å². The van der Waals surface area contributed by atoms with E-state index < -0.39 is 12.0 Å². The number of amides is 2. The van der Waals surface area contributed by atoms with Gasteiger partial charge in [-0.3, -0.25) is 19.3 Å². The Morgan fingerprint density at radius 2 is 2.00 bits per heavy atom. The Morgan fingerprint density at radius 3 is 2.70 bits per heavy atom. The SMILES string of the molecule is COC(=O)CC1C(=O)NCCN1CC(=O)N(C)Cc1ccc(-c2ccc(Cl)cc2)o1. The summed E-state index contributed by atoms with van der Waals surface area (Å²) < 4.78 is 10.5. The van der Waals surface area contributed by atoms with Crippen LogP contribution in [0.2, 0.25) is 5.02 Å². The minimum absolute atomic E-state index is 0.0241. The molecule has 30 heavy (non-hydrogen) atoms. The van der Waals surface area contributed by atoms with Crippen molar-refractivity contribution in [3.05, 3.63) is 47.2 Å². The molecule has 0 radical (unpaired) electrons. The third-order valence-electron chi connectivity index (χ3n) is 4.98. The van der Waals surface area contributed by atoms with Gasteiger partial charge in [-0.1, -0.05) is 11.6 Å². The van der Waals surface area contributed by atoms with E-state index in [1.54, 1.807) is 24.1 Å². The van der Waals surface area contributed by atoms with Crippen molar-refractivity contribution in [1.82, 2.24) is 15.1 Å². The molecule has 0 bridgehead atoms. The maximum Gasteiger partial charge on any atom is 0.307 e. The van der Waals surface area contributed by atoms with Gasteiger partial charge in [-0.25, -0.2) is 0 Å². The number of likely N-dealkylation sites (N-methyl/N-ethyl adjacent to an activating group) is 1. The van der Waals surface area contributed by atoms with Gasteiger partial charge in [0.05, 0.1) is 26.6 Å². The van der Waals surface area contributed by atoms with E-state index in [9.17, 15) is 14.4 Å². The molecule has 3 rings (SSSR count). The standard InChI is InChI=1S/C21H24ClN3O5/c1-24(12-16-7-8-18(30-16)14-3-5-15(22)6-4-14)19(26)13-25-10-9-23-21(28)17(25)11-20(27)29-2/h3-8,17H,9-13H2,1-2H3,(H,23,28). The number of piperazine rings is 1. The van der Waals surface area contributed by atoms with Gasteiger partial charge >= 0.3 is 5.97 Å². The molecule has 1 saturated heterocycles. The number of hydrogen-bond acceptors (Lipinski definition) is 6. The molecule has 2 aromatic rings. The lowest BCUT2D eigenvalue weighted by molar-refractivity contribution is -0.147. The van der Waals surface area contributed by atoms with Gasteiger partial charge < -0.3 is 19.4 Å². The number of hydrogen-bond donors (Lipinski definition) is 1. The fourth-order valence-electron chi connectivity index (χ4n) is 3.26. The monoisotopic (exact) mass is 433 g/mol. The van der Waals surface area contributed by atoms with Crippen molar-refractivity contribution >= 4 is 29.4 Å².